The van der Waals surface area contributed by atoms with Crippen molar-refractivity contribution in [2.24, 2.45) is 5.92 Å². The minimum absolute atomic E-state index is 0.0486. The van der Waals surface area contributed by atoms with Crippen LogP contribution >= 0.6 is 0 Å². The summed E-state index contributed by atoms with van der Waals surface area (Å²) in [5.74, 6) is 1.36. The zero-order chi connectivity index (χ0) is 13.8. The molecule has 5 nitrogen and oxygen atoms in total. The van der Waals surface area contributed by atoms with Gasteiger partial charge in [0.2, 0.25) is 0 Å². The van der Waals surface area contributed by atoms with Gasteiger partial charge in [-0.15, -0.1) is 0 Å². The van der Waals surface area contributed by atoms with Gasteiger partial charge in [-0.25, -0.2) is 0 Å². The smallest absolute Gasteiger partial charge is 0.163 e. The number of nitrogen functional groups attached to an aromatic ring is 1. The molecule has 0 spiro atoms. The van der Waals surface area contributed by atoms with E-state index in [4.69, 9.17) is 20.5 Å². The van der Waals surface area contributed by atoms with Gasteiger partial charge in [0.15, 0.2) is 11.5 Å². The quantitative estimate of drug-likeness (QED) is 0.840. The molecular weight excluding hydrogens is 242 g/mol. The molecule has 1 aromatic rings. The van der Waals surface area contributed by atoms with Gasteiger partial charge in [0.25, 0.3) is 0 Å². The van der Waals surface area contributed by atoms with Crippen LogP contribution in [0.25, 0.3) is 0 Å². The number of fused-ring (bicyclic) bond motifs is 1. The second-order valence-corrected chi connectivity index (χ2v) is 4.62. The first-order valence-corrected chi connectivity index (χ1v) is 6.49. The lowest BCUT2D eigenvalue weighted by Crippen LogP contribution is -2.28. The molecule has 1 aliphatic heterocycles. The summed E-state index contributed by atoms with van der Waals surface area (Å²) in [5, 5.41) is 8.93. The van der Waals surface area contributed by atoms with Crippen LogP contribution in [0.1, 0.15) is 13.8 Å². The molecule has 1 heterocycles. The summed E-state index contributed by atoms with van der Waals surface area (Å²) in [6.07, 6.45) is 0. The Labute approximate surface area is 113 Å². The summed E-state index contributed by atoms with van der Waals surface area (Å²) in [7, 11) is 0. The van der Waals surface area contributed by atoms with E-state index in [1.54, 1.807) is 6.07 Å². The Kier molecular flexibility index (Phi) is 4.00. The molecule has 1 aliphatic rings. The van der Waals surface area contributed by atoms with Crippen LogP contribution in [-0.4, -0.2) is 26.3 Å². The summed E-state index contributed by atoms with van der Waals surface area (Å²) < 4.78 is 11.1. The zero-order valence-electron chi connectivity index (χ0n) is 11.3. The summed E-state index contributed by atoms with van der Waals surface area (Å²) in [6.45, 7) is 6.48. The van der Waals surface area contributed by atoms with Gasteiger partial charge in [-0.3, -0.25) is 0 Å². The largest absolute Gasteiger partial charge is 0.486 e. The summed E-state index contributed by atoms with van der Waals surface area (Å²) in [6, 6.07) is 5.94. The van der Waals surface area contributed by atoms with Crippen LogP contribution < -0.4 is 20.1 Å². The molecule has 1 atom stereocenters. The van der Waals surface area contributed by atoms with E-state index in [0.29, 0.717) is 31.2 Å². The van der Waals surface area contributed by atoms with Crippen molar-refractivity contribution in [2.45, 2.75) is 13.8 Å². The van der Waals surface area contributed by atoms with Gasteiger partial charge in [0.05, 0.1) is 23.4 Å². The van der Waals surface area contributed by atoms with Crippen LogP contribution in [0.5, 0.6) is 11.5 Å². The fourth-order valence-electron chi connectivity index (χ4n) is 2.14. The standard InChI is InChI=1S/C14H19N3O2/c1-3-17(9-10(2)8-15)12-7-14-13(6-11(12)16)18-4-5-19-14/h6-7,10H,3-5,9,16H2,1-2H3. The maximum Gasteiger partial charge on any atom is 0.163 e. The molecule has 102 valence electrons. The first-order chi connectivity index (χ1) is 9.15. The lowest BCUT2D eigenvalue weighted by atomic mass is 10.1. The molecule has 0 aliphatic carbocycles. The average Bonchev–Trinajstić information content (AvgIpc) is 2.44. The van der Waals surface area contributed by atoms with Crippen LogP contribution in [0.15, 0.2) is 12.1 Å². The molecule has 0 saturated carbocycles. The number of rotatable bonds is 4. The molecule has 1 aromatic carbocycles. The third-order valence-corrected chi connectivity index (χ3v) is 3.13. The molecule has 0 fully saturated rings. The molecular formula is C14H19N3O2. The molecule has 0 saturated heterocycles. The molecule has 19 heavy (non-hydrogen) atoms. The van der Waals surface area contributed by atoms with Crippen molar-refractivity contribution < 1.29 is 9.47 Å². The van der Waals surface area contributed by atoms with Crippen LogP contribution in [0.3, 0.4) is 0 Å². The van der Waals surface area contributed by atoms with E-state index in [9.17, 15) is 0 Å². The molecule has 2 rings (SSSR count). The topological polar surface area (TPSA) is 71.5 Å². The van der Waals surface area contributed by atoms with Crippen molar-refractivity contribution in [2.75, 3.05) is 36.9 Å². The molecule has 0 radical (unpaired) electrons. The Morgan fingerprint density at radius 3 is 2.58 bits per heavy atom. The maximum absolute atomic E-state index is 8.93. The Morgan fingerprint density at radius 1 is 1.37 bits per heavy atom. The van der Waals surface area contributed by atoms with Crippen molar-refractivity contribution in [1.82, 2.24) is 0 Å². The SMILES string of the molecule is CCN(CC(C)C#N)c1cc2c(cc1N)OCCO2. The number of hydrogen-bond acceptors (Lipinski definition) is 5. The Hall–Kier alpha value is -2.09. The zero-order valence-corrected chi connectivity index (χ0v) is 11.3. The van der Waals surface area contributed by atoms with E-state index in [2.05, 4.69) is 11.0 Å². The Balaban J connectivity index is 2.29. The first-order valence-electron chi connectivity index (χ1n) is 6.49. The van der Waals surface area contributed by atoms with E-state index >= 15 is 0 Å². The second-order valence-electron chi connectivity index (χ2n) is 4.62. The number of nitriles is 1. The van der Waals surface area contributed by atoms with Gasteiger partial charge >= 0.3 is 0 Å². The normalized spacial score (nSPS) is 14.6. The van der Waals surface area contributed by atoms with Gasteiger partial charge in [0.1, 0.15) is 13.2 Å². The summed E-state index contributed by atoms with van der Waals surface area (Å²) in [4.78, 5) is 2.08. The highest BCUT2D eigenvalue weighted by Gasteiger charge is 2.18. The minimum atomic E-state index is -0.0486. The van der Waals surface area contributed by atoms with Crippen LogP contribution in [0.2, 0.25) is 0 Å². The van der Waals surface area contributed by atoms with E-state index in [1.165, 1.54) is 0 Å². The highest BCUT2D eigenvalue weighted by atomic mass is 16.6. The third-order valence-electron chi connectivity index (χ3n) is 3.13. The van der Waals surface area contributed by atoms with Crippen molar-refractivity contribution in [3.05, 3.63) is 12.1 Å². The van der Waals surface area contributed by atoms with Crippen LogP contribution in [0, 0.1) is 17.2 Å². The van der Waals surface area contributed by atoms with Crippen molar-refractivity contribution in [3.8, 4) is 17.6 Å². The maximum atomic E-state index is 8.93. The van der Waals surface area contributed by atoms with Gasteiger partial charge in [-0.1, -0.05) is 0 Å². The fourth-order valence-corrected chi connectivity index (χ4v) is 2.14. The molecule has 0 bridgehead atoms. The monoisotopic (exact) mass is 261 g/mol. The van der Waals surface area contributed by atoms with E-state index in [-0.39, 0.29) is 5.92 Å². The number of hydrogen-bond donors (Lipinski definition) is 1. The Morgan fingerprint density at radius 2 is 2.00 bits per heavy atom. The first kappa shape index (κ1) is 13.3. The van der Waals surface area contributed by atoms with E-state index in [0.717, 1.165) is 18.0 Å². The lowest BCUT2D eigenvalue weighted by Gasteiger charge is -2.28. The molecule has 1 unspecified atom stereocenters. The van der Waals surface area contributed by atoms with E-state index < -0.39 is 0 Å². The van der Waals surface area contributed by atoms with Crippen molar-refractivity contribution >= 4 is 11.4 Å². The van der Waals surface area contributed by atoms with Crippen LogP contribution in [-0.2, 0) is 0 Å². The lowest BCUT2D eigenvalue weighted by molar-refractivity contribution is 0.172. The van der Waals surface area contributed by atoms with Gasteiger partial charge in [-0.05, 0) is 13.8 Å². The van der Waals surface area contributed by atoms with E-state index in [1.807, 2.05) is 19.9 Å². The highest BCUT2D eigenvalue weighted by Crippen LogP contribution is 2.38. The third kappa shape index (κ3) is 2.84. The van der Waals surface area contributed by atoms with Gasteiger partial charge in [0, 0.05) is 25.2 Å². The average molecular weight is 261 g/mol. The number of benzene rings is 1. The van der Waals surface area contributed by atoms with Gasteiger partial charge < -0.3 is 20.1 Å². The van der Waals surface area contributed by atoms with Crippen molar-refractivity contribution in [1.29, 1.82) is 5.26 Å². The highest BCUT2D eigenvalue weighted by molar-refractivity contribution is 5.73. The number of ether oxygens (including phenoxy) is 2. The predicted molar refractivity (Wildman–Crippen MR) is 74.5 cm³/mol. The molecule has 0 amide bonds. The second kappa shape index (κ2) is 5.70. The Bertz CT molecular complexity index is 496. The summed E-state index contributed by atoms with van der Waals surface area (Å²) in [5.41, 5.74) is 7.62. The molecule has 0 aromatic heterocycles. The van der Waals surface area contributed by atoms with Gasteiger partial charge in [-0.2, -0.15) is 5.26 Å². The van der Waals surface area contributed by atoms with Crippen LogP contribution in [0.4, 0.5) is 11.4 Å². The number of nitrogens with zero attached hydrogens (tertiary/aromatic N) is 2. The number of anilines is 2. The molecule has 5 heteroatoms. The number of nitrogens with two attached hydrogens (primary N) is 1. The summed E-state index contributed by atoms with van der Waals surface area (Å²) >= 11 is 0. The predicted octanol–water partition coefficient (Wildman–Crippen LogP) is 2.03. The fraction of sp³-hybridized carbons (Fsp3) is 0.500. The molecule has 2 N–H and O–H groups in total. The minimum Gasteiger partial charge on any atom is -0.486 e. The van der Waals surface area contributed by atoms with Crippen molar-refractivity contribution in [3.63, 3.8) is 0 Å².